The summed E-state index contributed by atoms with van der Waals surface area (Å²) in [5, 5.41) is 12.8. The largest absolute Gasteiger partial charge is 0.503 e. The highest BCUT2D eigenvalue weighted by atomic mass is 19.1. The summed E-state index contributed by atoms with van der Waals surface area (Å²) in [5.41, 5.74) is 2.60. The summed E-state index contributed by atoms with van der Waals surface area (Å²) in [6, 6.07) is 28.3. The lowest BCUT2D eigenvalue weighted by Gasteiger charge is -2.28. The molecular formula is C30H24FNO3. The lowest BCUT2D eigenvalue weighted by Crippen LogP contribution is -2.30. The minimum absolute atomic E-state index is 0.115. The molecule has 0 fully saturated rings. The fraction of sp³-hybridized carbons (Fsp3) is 0.133. The average Bonchev–Trinajstić information content (AvgIpc) is 3.13. The molecule has 0 spiro atoms. The van der Waals surface area contributed by atoms with Crippen LogP contribution in [0.4, 0.5) is 4.39 Å². The lowest BCUT2D eigenvalue weighted by atomic mass is 9.90. The molecule has 1 N–H and O–H groups in total. The Morgan fingerprint density at radius 3 is 2.29 bits per heavy atom. The molecule has 5 rings (SSSR count). The molecule has 4 aromatic rings. The first-order valence-corrected chi connectivity index (χ1v) is 11.6. The number of fused-ring (bicyclic) bond motifs is 1. The van der Waals surface area contributed by atoms with Crippen LogP contribution in [0.2, 0.25) is 0 Å². The van der Waals surface area contributed by atoms with Crippen LogP contribution < -0.4 is 0 Å². The third-order valence-corrected chi connectivity index (χ3v) is 6.47. The first-order valence-electron chi connectivity index (χ1n) is 11.6. The van der Waals surface area contributed by atoms with Gasteiger partial charge in [0.1, 0.15) is 5.82 Å². The zero-order valence-corrected chi connectivity index (χ0v) is 19.0. The van der Waals surface area contributed by atoms with E-state index < -0.39 is 17.7 Å². The number of amides is 1. The van der Waals surface area contributed by atoms with Crippen molar-refractivity contribution in [3.05, 3.63) is 131 Å². The Morgan fingerprint density at radius 1 is 0.829 bits per heavy atom. The van der Waals surface area contributed by atoms with Crippen LogP contribution in [0.15, 0.2) is 108 Å². The monoisotopic (exact) mass is 465 g/mol. The van der Waals surface area contributed by atoms with Crippen LogP contribution in [-0.4, -0.2) is 21.7 Å². The number of Topliss-reactive ketones (excluding diaryl/α,β-unsaturated/α-hetero) is 1. The van der Waals surface area contributed by atoms with Gasteiger partial charge >= 0.3 is 0 Å². The second kappa shape index (κ2) is 9.55. The molecule has 0 aliphatic carbocycles. The molecule has 1 atom stereocenters. The molecule has 4 aromatic carbocycles. The average molecular weight is 466 g/mol. The van der Waals surface area contributed by atoms with Gasteiger partial charge in [-0.2, -0.15) is 0 Å². The number of carbonyl (C=O) groups is 2. The number of rotatable bonds is 7. The standard InChI is InChI=1S/C30H24FNO3/c31-23-16-13-21(14-17-23)19-32-28(25-12-6-10-22-9-4-5-11-24(22)25)27(29(34)30(32)35)26(33)18-15-20-7-2-1-3-8-20/h1-14,16-17,28,34H,15,18-19H2. The molecule has 1 aliphatic heterocycles. The maximum atomic E-state index is 13.5. The molecule has 174 valence electrons. The van der Waals surface area contributed by atoms with Crippen molar-refractivity contribution < 1.29 is 19.1 Å². The van der Waals surface area contributed by atoms with Gasteiger partial charge in [-0.1, -0.05) is 84.9 Å². The molecule has 1 heterocycles. The first-order chi connectivity index (χ1) is 17.0. The highest BCUT2D eigenvalue weighted by Crippen LogP contribution is 2.41. The Labute approximate surface area is 202 Å². The van der Waals surface area contributed by atoms with E-state index in [9.17, 15) is 19.1 Å². The van der Waals surface area contributed by atoms with E-state index in [1.807, 2.05) is 72.8 Å². The van der Waals surface area contributed by atoms with Crippen molar-refractivity contribution in [2.24, 2.45) is 0 Å². The van der Waals surface area contributed by atoms with Crippen LogP contribution in [0.25, 0.3) is 10.8 Å². The van der Waals surface area contributed by atoms with Gasteiger partial charge in [-0.25, -0.2) is 4.39 Å². The van der Waals surface area contributed by atoms with Gasteiger partial charge in [-0.15, -0.1) is 0 Å². The van der Waals surface area contributed by atoms with E-state index in [0.29, 0.717) is 12.0 Å². The molecule has 0 bridgehead atoms. The van der Waals surface area contributed by atoms with Crippen LogP contribution in [0.1, 0.15) is 29.2 Å². The topological polar surface area (TPSA) is 57.6 Å². The van der Waals surface area contributed by atoms with Crippen molar-refractivity contribution in [1.82, 2.24) is 4.90 Å². The number of aliphatic hydroxyl groups excluding tert-OH is 1. The molecule has 0 aromatic heterocycles. The zero-order chi connectivity index (χ0) is 24.4. The smallest absolute Gasteiger partial charge is 0.290 e. The number of hydrogen-bond acceptors (Lipinski definition) is 3. The number of aliphatic hydroxyl groups is 1. The van der Waals surface area contributed by atoms with Gasteiger partial charge in [-0.05, 0) is 46.0 Å². The van der Waals surface area contributed by atoms with Crippen LogP contribution >= 0.6 is 0 Å². The number of benzene rings is 4. The van der Waals surface area contributed by atoms with Crippen molar-refractivity contribution in [2.75, 3.05) is 0 Å². The van der Waals surface area contributed by atoms with E-state index in [2.05, 4.69) is 0 Å². The molecule has 1 unspecified atom stereocenters. The molecule has 0 radical (unpaired) electrons. The molecule has 35 heavy (non-hydrogen) atoms. The Bertz CT molecular complexity index is 1420. The van der Waals surface area contributed by atoms with Gasteiger partial charge in [0.15, 0.2) is 11.5 Å². The maximum Gasteiger partial charge on any atom is 0.290 e. The molecule has 1 aliphatic rings. The van der Waals surface area contributed by atoms with Crippen molar-refractivity contribution in [3.63, 3.8) is 0 Å². The Kier molecular flexibility index (Phi) is 6.15. The number of nitrogens with zero attached hydrogens (tertiary/aromatic N) is 1. The third-order valence-electron chi connectivity index (χ3n) is 6.47. The SMILES string of the molecule is O=C(CCc1ccccc1)C1=C(O)C(=O)N(Cc2ccc(F)cc2)C1c1cccc2ccccc12. The van der Waals surface area contributed by atoms with Crippen molar-refractivity contribution in [2.45, 2.75) is 25.4 Å². The van der Waals surface area contributed by atoms with E-state index in [1.54, 1.807) is 12.1 Å². The summed E-state index contributed by atoms with van der Waals surface area (Å²) < 4.78 is 13.5. The van der Waals surface area contributed by atoms with E-state index in [1.165, 1.54) is 17.0 Å². The molecule has 0 saturated carbocycles. The van der Waals surface area contributed by atoms with Gasteiger partial charge in [0.25, 0.3) is 5.91 Å². The van der Waals surface area contributed by atoms with Gasteiger partial charge in [0.05, 0.1) is 11.6 Å². The van der Waals surface area contributed by atoms with E-state index in [-0.39, 0.29) is 30.1 Å². The summed E-state index contributed by atoms with van der Waals surface area (Å²) in [6.07, 6.45) is 0.674. The van der Waals surface area contributed by atoms with Crippen molar-refractivity contribution in [3.8, 4) is 0 Å². The van der Waals surface area contributed by atoms with Gasteiger partial charge in [-0.3, -0.25) is 9.59 Å². The highest BCUT2D eigenvalue weighted by Gasteiger charge is 2.43. The van der Waals surface area contributed by atoms with Crippen LogP contribution in [0.5, 0.6) is 0 Å². The number of ketones is 1. The lowest BCUT2D eigenvalue weighted by molar-refractivity contribution is -0.130. The second-order valence-corrected chi connectivity index (χ2v) is 8.70. The Morgan fingerprint density at radius 2 is 1.51 bits per heavy atom. The Hall–Kier alpha value is -4.25. The molecule has 1 amide bonds. The van der Waals surface area contributed by atoms with Crippen LogP contribution in [-0.2, 0) is 22.6 Å². The summed E-state index contributed by atoms with van der Waals surface area (Å²) in [5.74, 6) is -1.75. The Balaban J connectivity index is 1.56. The number of aryl methyl sites for hydroxylation is 1. The number of halogens is 1. The van der Waals surface area contributed by atoms with E-state index in [4.69, 9.17) is 0 Å². The minimum Gasteiger partial charge on any atom is -0.503 e. The van der Waals surface area contributed by atoms with Crippen molar-refractivity contribution in [1.29, 1.82) is 0 Å². The molecular weight excluding hydrogens is 441 g/mol. The van der Waals surface area contributed by atoms with E-state index in [0.717, 1.165) is 21.9 Å². The fourth-order valence-corrected chi connectivity index (χ4v) is 4.74. The molecule has 4 nitrogen and oxygen atoms in total. The molecule has 0 saturated heterocycles. The summed E-state index contributed by atoms with van der Waals surface area (Å²) in [7, 11) is 0. The quantitative estimate of drug-likeness (QED) is 0.360. The highest BCUT2D eigenvalue weighted by molar-refractivity contribution is 6.09. The predicted molar refractivity (Wildman–Crippen MR) is 133 cm³/mol. The number of hydrogen-bond donors (Lipinski definition) is 1. The zero-order valence-electron chi connectivity index (χ0n) is 19.0. The fourth-order valence-electron chi connectivity index (χ4n) is 4.74. The number of carbonyl (C=O) groups excluding carboxylic acids is 2. The summed E-state index contributed by atoms with van der Waals surface area (Å²) >= 11 is 0. The van der Waals surface area contributed by atoms with E-state index >= 15 is 0 Å². The molecule has 5 heteroatoms. The minimum atomic E-state index is -0.748. The normalized spacial score (nSPS) is 15.7. The van der Waals surface area contributed by atoms with Gasteiger partial charge in [0.2, 0.25) is 0 Å². The van der Waals surface area contributed by atoms with Crippen LogP contribution in [0, 0.1) is 5.82 Å². The predicted octanol–water partition coefficient (Wildman–Crippen LogP) is 6.08. The van der Waals surface area contributed by atoms with Crippen molar-refractivity contribution >= 4 is 22.5 Å². The first kappa shape index (κ1) is 22.5. The third kappa shape index (κ3) is 4.45. The van der Waals surface area contributed by atoms with Gasteiger partial charge < -0.3 is 10.0 Å². The second-order valence-electron chi connectivity index (χ2n) is 8.70. The summed E-state index contributed by atoms with van der Waals surface area (Å²) in [6.45, 7) is 0.131. The van der Waals surface area contributed by atoms with Crippen LogP contribution in [0.3, 0.4) is 0 Å². The summed E-state index contributed by atoms with van der Waals surface area (Å²) in [4.78, 5) is 28.3. The van der Waals surface area contributed by atoms with Gasteiger partial charge in [0, 0.05) is 13.0 Å². The maximum absolute atomic E-state index is 13.5.